The van der Waals surface area contributed by atoms with Gasteiger partial charge in [0.1, 0.15) is 29.7 Å². The van der Waals surface area contributed by atoms with Crippen LogP contribution in [0.2, 0.25) is 0 Å². The molecule has 0 aliphatic heterocycles. The molecule has 0 aliphatic rings. The minimum absolute atomic E-state index is 0.0903. The maximum Gasteiger partial charge on any atom is 0.129 e. The number of hydrogen-bond acceptors (Lipinski definition) is 3. The summed E-state index contributed by atoms with van der Waals surface area (Å²) in [5.74, 6) is -0.583. The molecule has 5 heteroatoms. The van der Waals surface area contributed by atoms with E-state index in [1.165, 1.54) is 0 Å². The van der Waals surface area contributed by atoms with E-state index in [4.69, 9.17) is 15.2 Å². The number of rotatable bonds is 6. The zero-order valence-corrected chi connectivity index (χ0v) is 11.7. The number of halogens is 2. The molecule has 0 spiro atoms. The van der Waals surface area contributed by atoms with Gasteiger partial charge in [0.05, 0.1) is 12.6 Å². The van der Waals surface area contributed by atoms with Gasteiger partial charge < -0.3 is 15.2 Å². The number of hydrogen-bond donors (Lipinski definition) is 1. The maximum atomic E-state index is 13.1. The molecule has 0 aromatic heterocycles. The summed E-state index contributed by atoms with van der Waals surface area (Å²) in [6.07, 6.45) is 0. The summed E-state index contributed by atoms with van der Waals surface area (Å²) in [5.41, 5.74) is 6.85. The van der Waals surface area contributed by atoms with Gasteiger partial charge in [0, 0.05) is 23.8 Å². The van der Waals surface area contributed by atoms with E-state index in [0.717, 1.165) is 23.8 Å². The first-order chi connectivity index (χ1) is 10.1. The second-order valence-corrected chi connectivity index (χ2v) is 4.49. The van der Waals surface area contributed by atoms with Crippen molar-refractivity contribution in [2.24, 2.45) is 5.73 Å². The molecule has 0 heterocycles. The lowest BCUT2D eigenvalue weighted by Gasteiger charge is -2.17. The number of benzene rings is 2. The summed E-state index contributed by atoms with van der Waals surface area (Å²) in [7, 11) is 0. The minimum Gasteiger partial charge on any atom is -0.494 e. The Hall–Kier alpha value is -2.14. The molecule has 1 unspecified atom stereocenters. The second kappa shape index (κ2) is 7.04. The van der Waals surface area contributed by atoms with Gasteiger partial charge in [-0.2, -0.15) is 0 Å². The molecule has 2 aromatic rings. The van der Waals surface area contributed by atoms with Crippen LogP contribution in [0.3, 0.4) is 0 Å². The largest absolute Gasteiger partial charge is 0.494 e. The highest BCUT2D eigenvalue weighted by Crippen LogP contribution is 2.25. The molecule has 2 rings (SSSR count). The van der Waals surface area contributed by atoms with Crippen molar-refractivity contribution in [3.63, 3.8) is 0 Å². The summed E-state index contributed by atoms with van der Waals surface area (Å²) in [6, 6.07) is 9.92. The van der Waals surface area contributed by atoms with Crippen LogP contribution in [-0.4, -0.2) is 13.2 Å². The molecule has 112 valence electrons. The topological polar surface area (TPSA) is 44.5 Å². The molecule has 3 nitrogen and oxygen atoms in total. The van der Waals surface area contributed by atoms with E-state index in [-0.39, 0.29) is 12.4 Å². The Labute approximate surface area is 122 Å². The predicted molar refractivity (Wildman–Crippen MR) is 76.4 cm³/mol. The Morgan fingerprint density at radius 1 is 1.05 bits per heavy atom. The zero-order valence-electron chi connectivity index (χ0n) is 11.7. The van der Waals surface area contributed by atoms with Gasteiger partial charge in [-0.1, -0.05) is 18.2 Å². The molecule has 0 radical (unpaired) electrons. The fourth-order valence-corrected chi connectivity index (χ4v) is 1.96. The molecular weight excluding hydrogens is 276 g/mol. The minimum atomic E-state index is -0.687. The van der Waals surface area contributed by atoms with Crippen molar-refractivity contribution < 1.29 is 18.3 Å². The van der Waals surface area contributed by atoms with E-state index in [0.29, 0.717) is 12.4 Å². The van der Waals surface area contributed by atoms with Crippen LogP contribution in [0, 0.1) is 11.6 Å². The van der Waals surface area contributed by atoms with Gasteiger partial charge in [-0.15, -0.1) is 0 Å². The first kappa shape index (κ1) is 15.3. The maximum absolute atomic E-state index is 13.1. The fourth-order valence-electron chi connectivity index (χ4n) is 1.96. The van der Waals surface area contributed by atoms with Crippen LogP contribution in [0.5, 0.6) is 11.5 Å². The van der Waals surface area contributed by atoms with Crippen molar-refractivity contribution in [2.45, 2.75) is 13.0 Å². The van der Waals surface area contributed by atoms with Crippen LogP contribution in [0.1, 0.15) is 18.5 Å². The van der Waals surface area contributed by atoms with E-state index in [2.05, 4.69) is 0 Å². The fraction of sp³-hybridized carbons (Fsp3) is 0.250. The van der Waals surface area contributed by atoms with Crippen molar-refractivity contribution in [2.75, 3.05) is 13.2 Å². The van der Waals surface area contributed by atoms with Gasteiger partial charge in [0.15, 0.2) is 0 Å². The van der Waals surface area contributed by atoms with E-state index < -0.39 is 17.7 Å². The third-order valence-electron chi connectivity index (χ3n) is 2.88. The molecule has 0 bridgehead atoms. The SMILES string of the molecule is CCOc1ccccc1C(N)COc1cc(F)cc(F)c1. The average Bonchev–Trinajstić information content (AvgIpc) is 2.45. The Bertz CT molecular complexity index is 584. The highest BCUT2D eigenvalue weighted by Gasteiger charge is 2.13. The van der Waals surface area contributed by atoms with E-state index in [9.17, 15) is 8.78 Å². The third-order valence-corrected chi connectivity index (χ3v) is 2.88. The molecule has 1 atom stereocenters. The normalized spacial score (nSPS) is 12.0. The Balaban J connectivity index is 2.06. The van der Waals surface area contributed by atoms with E-state index >= 15 is 0 Å². The Morgan fingerprint density at radius 3 is 2.38 bits per heavy atom. The highest BCUT2D eigenvalue weighted by atomic mass is 19.1. The van der Waals surface area contributed by atoms with Crippen LogP contribution in [0.25, 0.3) is 0 Å². The summed E-state index contributed by atoms with van der Waals surface area (Å²) in [5, 5.41) is 0. The Morgan fingerprint density at radius 2 is 1.71 bits per heavy atom. The van der Waals surface area contributed by atoms with Crippen LogP contribution >= 0.6 is 0 Å². The standard InChI is InChI=1S/C16H17F2NO2/c1-2-20-16-6-4-3-5-14(16)15(19)10-21-13-8-11(17)7-12(18)9-13/h3-9,15H,2,10,19H2,1H3. The van der Waals surface area contributed by atoms with Gasteiger partial charge in [0.25, 0.3) is 0 Å². The molecular formula is C16H17F2NO2. The van der Waals surface area contributed by atoms with Crippen molar-refractivity contribution in [1.82, 2.24) is 0 Å². The van der Waals surface area contributed by atoms with E-state index in [1.807, 2.05) is 31.2 Å². The quantitative estimate of drug-likeness (QED) is 0.887. The van der Waals surface area contributed by atoms with Gasteiger partial charge in [0.2, 0.25) is 0 Å². The lowest BCUT2D eigenvalue weighted by molar-refractivity contribution is 0.279. The number of para-hydroxylation sites is 1. The molecule has 2 N–H and O–H groups in total. The van der Waals surface area contributed by atoms with Crippen molar-refractivity contribution in [1.29, 1.82) is 0 Å². The first-order valence-corrected chi connectivity index (χ1v) is 6.66. The van der Waals surface area contributed by atoms with Crippen molar-refractivity contribution >= 4 is 0 Å². The monoisotopic (exact) mass is 293 g/mol. The number of nitrogens with two attached hydrogens (primary N) is 1. The molecule has 2 aromatic carbocycles. The molecule has 21 heavy (non-hydrogen) atoms. The highest BCUT2D eigenvalue weighted by molar-refractivity contribution is 5.36. The molecule has 0 saturated heterocycles. The Kier molecular flexibility index (Phi) is 5.11. The van der Waals surface area contributed by atoms with Gasteiger partial charge in [-0.05, 0) is 13.0 Å². The molecule has 0 amide bonds. The zero-order chi connectivity index (χ0) is 15.2. The van der Waals surface area contributed by atoms with E-state index in [1.54, 1.807) is 0 Å². The summed E-state index contributed by atoms with van der Waals surface area (Å²) >= 11 is 0. The lowest BCUT2D eigenvalue weighted by Crippen LogP contribution is -2.20. The van der Waals surface area contributed by atoms with Crippen LogP contribution in [-0.2, 0) is 0 Å². The molecule has 0 fully saturated rings. The first-order valence-electron chi connectivity index (χ1n) is 6.66. The molecule has 0 aliphatic carbocycles. The average molecular weight is 293 g/mol. The van der Waals surface area contributed by atoms with Crippen LogP contribution in [0.4, 0.5) is 8.78 Å². The third kappa shape index (κ3) is 4.16. The summed E-state index contributed by atoms with van der Waals surface area (Å²) in [6.45, 7) is 2.50. The molecule has 0 saturated carbocycles. The smallest absolute Gasteiger partial charge is 0.129 e. The van der Waals surface area contributed by atoms with Gasteiger partial charge in [-0.25, -0.2) is 8.78 Å². The van der Waals surface area contributed by atoms with Crippen molar-refractivity contribution in [3.8, 4) is 11.5 Å². The van der Waals surface area contributed by atoms with Crippen LogP contribution in [0.15, 0.2) is 42.5 Å². The second-order valence-electron chi connectivity index (χ2n) is 4.49. The van der Waals surface area contributed by atoms with Crippen molar-refractivity contribution in [3.05, 3.63) is 59.7 Å². The van der Waals surface area contributed by atoms with Gasteiger partial charge in [-0.3, -0.25) is 0 Å². The summed E-state index contributed by atoms with van der Waals surface area (Å²) in [4.78, 5) is 0. The summed E-state index contributed by atoms with van der Waals surface area (Å²) < 4.78 is 37.0. The lowest BCUT2D eigenvalue weighted by atomic mass is 10.1. The van der Waals surface area contributed by atoms with Gasteiger partial charge >= 0.3 is 0 Å². The number of ether oxygens (including phenoxy) is 2. The predicted octanol–water partition coefficient (Wildman–Crippen LogP) is 3.44. The van der Waals surface area contributed by atoms with Crippen LogP contribution < -0.4 is 15.2 Å².